The van der Waals surface area contributed by atoms with E-state index in [4.69, 9.17) is 0 Å². The molecule has 0 aromatic carbocycles. The minimum Gasteiger partial charge on any atom is -0.481 e. The lowest BCUT2D eigenvalue weighted by atomic mass is 9.82. The molecule has 0 unspecified atom stereocenters. The summed E-state index contributed by atoms with van der Waals surface area (Å²) in [6.45, 7) is 3.95. The van der Waals surface area contributed by atoms with Gasteiger partial charge in [-0.2, -0.15) is 0 Å². The molecule has 0 saturated carbocycles. The molecule has 0 saturated heterocycles. The quantitative estimate of drug-likeness (QED) is 0.844. The van der Waals surface area contributed by atoms with Crippen molar-refractivity contribution in [2.24, 2.45) is 5.41 Å². The van der Waals surface area contributed by atoms with Crippen LogP contribution in [0.25, 0.3) is 10.7 Å². The van der Waals surface area contributed by atoms with Crippen molar-refractivity contribution in [1.82, 2.24) is 29.8 Å². The van der Waals surface area contributed by atoms with Crippen molar-refractivity contribution < 1.29 is 9.90 Å². The number of carboxylic acids is 1. The zero-order chi connectivity index (χ0) is 13.9. The summed E-state index contributed by atoms with van der Waals surface area (Å²) in [5.74, 6) is -0.330. The maximum absolute atomic E-state index is 11.5. The number of carboxylic acid groups (broad SMARTS) is 1. The molecule has 9 heteroatoms. The van der Waals surface area contributed by atoms with Crippen LogP contribution in [0.15, 0.2) is 6.20 Å². The Morgan fingerprint density at radius 1 is 1.47 bits per heavy atom. The van der Waals surface area contributed by atoms with E-state index < -0.39 is 11.4 Å². The van der Waals surface area contributed by atoms with Crippen LogP contribution in [0.5, 0.6) is 0 Å². The van der Waals surface area contributed by atoms with E-state index in [2.05, 4.69) is 25.1 Å². The van der Waals surface area contributed by atoms with Gasteiger partial charge >= 0.3 is 5.97 Å². The molecule has 0 spiro atoms. The summed E-state index contributed by atoms with van der Waals surface area (Å²) in [6, 6.07) is 0. The summed E-state index contributed by atoms with van der Waals surface area (Å²) in [7, 11) is 0. The monoisotopic (exact) mass is 282 g/mol. The molecular formula is C10H14N6O2S. The number of aromatic nitrogens is 6. The number of aliphatic carboxylic acids is 1. The molecule has 0 aliphatic carbocycles. The number of carbonyl (C=O) groups is 1. The molecule has 2 aromatic heterocycles. The van der Waals surface area contributed by atoms with Gasteiger partial charge in [0.15, 0.2) is 5.82 Å². The van der Waals surface area contributed by atoms with Crippen molar-refractivity contribution >= 4 is 17.5 Å². The summed E-state index contributed by atoms with van der Waals surface area (Å²) >= 11 is 1.17. The highest BCUT2D eigenvalue weighted by Crippen LogP contribution is 2.30. The molecule has 0 bridgehead atoms. The molecule has 0 fully saturated rings. The van der Waals surface area contributed by atoms with Crippen LogP contribution >= 0.6 is 11.5 Å². The van der Waals surface area contributed by atoms with Gasteiger partial charge in [-0.3, -0.25) is 4.79 Å². The van der Waals surface area contributed by atoms with Crippen LogP contribution in [0.1, 0.15) is 26.7 Å². The molecule has 2 aromatic rings. The Hall–Kier alpha value is -1.90. The molecule has 0 atom stereocenters. The molecule has 0 radical (unpaired) electrons. The molecule has 2 rings (SSSR count). The van der Waals surface area contributed by atoms with Crippen LogP contribution in [-0.4, -0.2) is 40.9 Å². The molecule has 19 heavy (non-hydrogen) atoms. The Labute approximate surface area is 113 Å². The van der Waals surface area contributed by atoms with E-state index in [9.17, 15) is 9.90 Å². The first-order valence-corrected chi connectivity index (χ1v) is 6.67. The van der Waals surface area contributed by atoms with Crippen molar-refractivity contribution in [3.05, 3.63) is 6.20 Å². The molecule has 1 N–H and O–H groups in total. The van der Waals surface area contributed by atoms with Gasteiger partial charge in [-0.25, -0.2) is 4.68 Å². The summed E-state index contributed by atoms with van der Waals surface area (Å²) in [6.07, 6.45) is 2.59. The zero-order valence-electron chi connectivity index (χ0n) is 10.6. The largest absolute Gasteiger partial charge is 0.481 e. The molecule has 8 nitrogen and oxygen atoms in total. The van der Waals surface area contributed by atoms with Crippen LogP contribution < -0.4 is 0 Å². The van der Waals surface area contributed by atoms with E-state index >= 15 is 0 Å². The average Bonchev–Trinajstić information content (AvgIpc) is 3.06. The van der Waals surface area contributed by atoms with E-state index in [-0.39, 0.29) is 6.54 Å². The van der Waals surface area contributed by atoms with Crippen LogP contribution in [0.3, 0.4) is 0 Å². The van der Waals surface area contributed by atoms with Gasteiger partial charge in [0.1, 0.15) is 4.88 Å². The molecular weight excluding hydrogens is 268 g/mol. The van der Waals surface area contributed by atoms with Crippen molar-refractivity contribution in [1.29, 1.82) is 0 Å². The number of rotatable bonds is 6. The van der Waals surface area contributed by atoms with Gasteiger partial charge in [-0.05, 0) is 34.8 Å². The van der Waals surface area contributed by atoms with Gasteiger partial charge in [0.25, 0.3) is 0 Å². The normalized spacial score (nSPS) is 11.7. The lowest BCUT2D eigenvalue weighted by Gasteiger charge is -2.26. The zero-order valence-corrected chi connectivity index (χ0v) is 11.5. The van der Waals surface area contributed by atoms with Crippen molar-refractivity contribution in [2.75, 3.05) is 0 Å². The highest BCUT2D eigenvalue weighted by Gasteiger charge is 2.36. The van der Waals surface area contributed by atoms with Gasteiger partial charge in [0, 0.05) is 0 Å². The number of nitrogens with zero attached hydrogens (tertiary/aromatic N) is 6. The number of tetrazole rings is 1. The summed E-state index contributed by atoms with van der Waals surface area (Å²) in [5, 5.41) is 24.6. The maximum Gasteiger partial charge on any atom is 0.311 e. The minimum absolute atomic E-state index is 0.232. The Morgan fingerprint density at radius 2 is 2.21 bits per heavy atom. The van der Waals surface area contributed by atoms with Gasteiger partial charge < -0.3 is 5.11 Å². The van der Waals surface area contributed by atoms with Crippen molar-refractivity contribution in [3.8, 4) is 10.7 Å². The molecule has 2 heterocycles. The fourth-order valence-electron chi connectivity index (χ4n) is 1.88. The fourth-order valence-corrected chi connectivity index (χ4v) is 2.39. The molecule has 0 amide bonds. The number of hydrogen-bond donors (Lipinski definition) is 1. The predicted octanol–water partition coefficient (Wildman–Crippen LogP) is 1.08. The second-order valence-corrected chi connectivity index (χ2v) is 5.02. The third kappa shape index (κ3) is 2.46. The van der Waals surface area contributed by atoms with Gasteiger partial charge in [0.05, 0.1) is 18.2 Å². The van der Waals surface area contributed by atoms with Crippen LogP contribution in [0.4, 0.5) is 0 Å². The standard InChI is InChI=1S/C10H14N6O2S/c1-3-10(4-2,9(17)18)6-16-8(12-13-14-16)7-5-11-15-19-7/h5H,3-4,6H2,1-2H3,(H,17,18). The van der Waals surface area contributed by atoms with Crippen molar-refractivity contribution in [2.45, 2.75) is 33.2 Å². The van der Waals surface area contributed by atoms with E-state index in [0.29, 0.717) is 18.7 Å². The minimum atomic E-state index is -0.859. The SMILES string of the molecule is CCC(CC)(Cn1nnnc1-c1cnns1)C(=O)O. The molecule has 0 aliphatic heterocycles. The van der Waals surface area contributed by atoms with E-state index in [1.807, 2.05) is 13.8 Å². The Kier molecular flexibility index (Phi) is 3.84. The summed E-state index contributed by atoms with van der Waals surface area (Å²) < 4.78 is 5.27. The first kappa shape index (κ1) is 13.5. The lowest BCUT2D eigenvalue weighted by Crippen LogP contribution is -2.35. The third-order valence-corrected chi connectivity index (χ3v) is 4.03. The molecule has 102 valence electrons. The van der Waals surface area contributed by atoms with Gasteiger partial charge in [-0.15, -0.1) is 10.2 Å². The first-order valence-electron chi connectivity index (χ1n) is 5.90. The second kappa shape index (κ2) is 5.39. The summed E-state index contributed by atoms with van der Waals surface area (Å²) in [5.41, 5.74) is -0.859. The third-order valence-electron chi connectivity index (χ3n) is 3.37. The Bertz CT molecular complexity index is 548. The average molecular weight is 282 g/mol. The molecule has 0 aliphatic rings. The van der Waals surface area contributed by atoms with Gasteiger partial charge in [-0.1, -0.05) is 18.3 Å². The van der Waals surface area contributed by atoms with Crippen LogP contribution in [0, 0.1) is 5.41 Å². The lowest BCUT2D eigenvalue weighted by molar-refractivity contribution is -0.150. The smallest absolute Gasteiger partial charge is 0.311 e. The summed E-state index contributed by atoms with van der Waals surface area (Å²) in [4.78, 5) is 12.2. The Morgan fingerprint density at radius 3 is 2.74 bits per heavy atom. The first-order chi connectivity index (χ1) is 9.13. The predicted molar refractivity (Wildman–Crippen MR) is 67.4 cm³/mol. The van der Waals surface area contributed by atoms with Crippen LogP contribution in [0.2, 0.25) is 0 Å². The van der Waals surface area contributed by atoms with Crippen LogP contribution in [-0.2, 0) is 11.3 Å². The van der Waals surface area contributed by atoms with E-state index in [1.54, 1.807) is 6.20 Å². The maximum atomic E-state index is 11.5. The fraction of sp³-hybridized carbons (Fsp3) is 0.600. The second-order valence-electron chi connectivity index (χ2n) is 4.23. The van der Waals surface area contributed by atoms with E-state index in [1.165, 1.54) is 16.2 Å². The number of hydrogen-bond acceptors (Lipinski definition) is 7. The Balaban J connectivity index is 2.34. The highest BCUT2D eigenvalue weighted by molar-refractivity contribution is 7.09. The topological polar surface area (TPSA) is 107 Å². The van der Waals surface area contributed by atoms with Crippen molar-refractivity contribution in [3.63, 3.8) is 0 Å². The van der Waals surface area contributed by atoms with E-state index in [0.717, 1.165) is 4.88 Å². The highest BCUT2D eigenvalue weighted by atomic mass is 32.1. The van der Waals surface area contributed by atoms with Gasteiger partial charge in [0.2, 0.25) is 0 Å².